The van der Waals surface area contributed by atoms with Crippen molar-refractivity contribution in [2.45, 2.75) is 19.3 Å². The summed E-state index contributed by atoms with van der Waals surface area (Å²) >= 11 is 12.6. The second kappa shape index (κ2) is 4.02. The van der Waals surface area contributed by atoms with Crippen LogP contribution in [0, 0.1) is 11.3 Å². The number of aromatic hydroxyl groups is 1. The highest BCUT2D eigenvalue weighted by molar-refractivity contribution is 6.50. The minimum absolute atomic E-state index is 0.00288. The average Bonchev–Trinajstić information content (AvgIpc) is 2.95. The van der Waals surface area contributed by atoms with Gasteiger partial charge in [-0.1, -0.05) is 34.4 Å². The van der Waals surface area contributed by atoms with Crippen LogP contribution in [0.1, 0.15) is 35.2 Å². The Morgan fingerprint density at radius 2 is 2.10 bits per heavy atom. The number of Topliss-reactive ketones (excluding diaryl/α,β-unsaturated/α-hetero) is 1. The molecule has 3 aliphatic carbocycles. The van der Waals surface area contributed by atoms with Crippen LogP contribution in [0.2, 0.25) is 5.02 Å². The molecular formula is C15H11Cl2NO3. The molecule has 0 amide bonds. The number of carbonyl (C=O) groups excluding carboxylic acids is 1. The summed E-state index contributed by atoms with van der Waals surface area (Å²) in [6, 6.07) is 3.12. The van der Waals surface area contributed by atoms with Crippen LogP contribution >= 0.6 is 23.2 Å². The third-order valence-electron chi connectivity index (χ3n) is 4.98. The number of carbonyl (C=O) groups is 1. The number of hydrogen-bond donors (Lipinski definition) is 2. The van der Waals surface area contributed by atoms with Gasteiger partial charge < -0.3 is 10.3 Å². The molecule has 1 spiro atoms. The van der Waals surface area contributed by atoms with Crippen molar-refractivity contribution in [2.24, 2.45) is 16.5 Å². The van der Waals surface area contributed by atoms with Crippen molar-refractivity contribution in [2.75, 3.05) is 0 Å². The lowest BCUT2D eigenvalue weighted by molar-refractivity contribution is 0.0877. The first kappa shape index (κ1) is 13.2. The molecule has 2 bridgehead atoms. The Balaban J connectivity index is 2.10. The van der Waals surface area contributed by atoms with Crippen LogP contribution in [0.15, 0.2) is 22.3 Å². The fourth-order valence-corrected chi connectivity index (χ4v) is 4.80. The minimum Gasteiger partial charge on any atom is -0.506 e. The first-order valence-corrected chi connectivity index (χ1v) is 7.46. The van der Waals surface area contributed by atoms with E-state index in [0.717, 1.165) is 6.42 Å². The van der Waals surface area contributed by atoms with Gasteiger partial charge in [0.2, 0.25) is 0 Å². The van der Waals surface area contributed by atoms with Crippen LogP contribution in [0.3, 0.4) is 0 Å². The fourth-order valence-electron chi connectivity index (χ4n) is 4.08. The highest BCUT2D eigenvalue weighted by Gasteiger charge is 2.59. The number of phenolic OH excluding ortho intramolecular Hbond substituents is 1. The van der Waals surface area contributed by atoms with E-state index in [2.05, 4.69) is 5.16 Å². The predicted molar refractivity (Wildman–Crippen MR) is 79.2 cm³/mol. The molecule has 1 aromatic rings. The molecule has 4 rings (SSSR count). The number of halogens is 2. The third kappa shape index (κ3) is 1.37. The van der Waals surface area contributed by atoms with Crippen LogP contribution in [0.4, 0.5) is 0 Å². The monoisotopic (exact) mass is 323 g/mol. The molecule has 4 nitrogen and oxygen atoms in total. The number of nitrogens with zero attached hydrogens (tertiary/aromatic N) is 1. The summed E-state index contributed by atoms with van der Waals surface area (Å²) in [7, 11) is 0. The fraction of sp³-hybridized carbons (Fsp3) is 0.333. The van der Waals surface area contributed by atoms with E-state index in [1.54, 1.807) is 6.07 Å². The van der Waals surface area contributed by atoms with Crippen LogP contribution < -0.4 is 0 Å². The Bertz CT molecular complexity index is 768. The van der Waals surface area contributed by atoms with Crippen molar-refractivity contribution in [1.82, 2.24) is 0 Å². The summed E-state index contributed by atoms with van der Waals surface area (Å²) in [4.78, 5) is 12.9. The summed E-state index contributed by atoms with van der Waals surface area (Å²) in [5.74, 6) is -0.191. The van der Waals surface area contributed by atoms with E-state index in [9.17, 15) is 15.1 Å². The van der Waals surface area contributed by atoms with Crippen molar-refractivity contribution in [3.8, 4) is 5.75 Å². The normalized spacial score (nSPS) is 31.8. The zero-order chi connectivity index (χ0) is 14.9. The van der Waals surface area contributed by atoms with Crippen molar-refractivity contribution < 1.29 is 15.1 Å². The maximum atomic E-state index is 12.9. The molecule has 1 saturated carbocycles. The molecule has 108 valence electrons. The van der Waals surface area contributed by atoms with Gasteiger partial charge in [-0.2, -0.15) is 0 Å². The molecule has 1 fully saturated rings. The number of rotatable bonds is 0. The highest BCUT2D eigenvalue weighted by Crippen LogP contribution is 2.63. The van der Waals surface area contributed by atoms with Crippen LogP contribution in [0.5, 0.6) is 5.75 Å². The van der Waals surface area contributed by atoms with Gasteiger partial charge in [0, 0.05) is 11.5 Å². The summed E-state index contributed by atoms with van der Waals surface area (Å²) in [5, 5.41) is 22.8. The SMILES string of the molecule is O=C1c2c(ccc(O)c2Cl)C2=C(Cl)/C(=N/O)[C@@H]3CC[C@]12C3. The van der Waals surface area contributed by atoms with E-state index in [1.165, 1.54) is 6.07 Å². The van der Waals surface area contributed by atoms with E-state index < -0.39 is 5.41 Å². The average molecular weight is 324 g/mol. The lowest BCUT2D eigenvalue weighted by atomic mass is 9.73. The molecule has 0 unspecified atom stereocenters. The largest absolute Gasteiger partial charge is 0.506 e. The number of oxime groups is 1. The van der Waals surface area contributed by atoms with Gasteiger partial charge in [-0.3, -0.25) is 4.79 Å². The molecule has 1 aromatic carbocycles. The molecular weight excluding hydrogens is 313 g/mol. The van der Waals surface area contributed by atoms with Crippen molar-refractivity contribution in [1.29, 1.82) is 0 Å². The van der Waals surface area contributed by atoms with E-state index in [0.29, 0.717) is 40.3 Å². The molecule has 3 aliphatic rings. The first-order chi connectivity index (χ1) is 10.0. The molecule has 0 saturated heterocycles. The number of phenols is 1. The van der Waals surface area contributed by atoms with Crippen molar-refractivity contribution in [3.63, 3.8) is 0 Å². The standard InChI is InChI=1S/C15H11Cl2NO3/c16-11-8(19)2-1-7-9(11)14(20)15-4-3-6(5-15)13(18-21)12(17)10(7)15/h1-2,6,19,21H,3-5H2/b18-13+/t6-,15-/m1/s1. The number of allylic oxidation sites excluding steroid dienone is 2. The first-order valence-electron chi connectivity index (χ1n) is 6.70. The second-order valence-electron chi connectivity index (χ2n) is 5.85. The molecule has 2 atom stereocenters. The molecule has 21 heavy (non-hydrogen) atoms. The minimum atomic E-state index is -0.671. The predicted octanol–water partition coefficient (Wildman–Crippen LogP) is 3.82. The number of benzene rings is 1. The third-order valence-corrected chi connectivity index (χ3v) is 5.75. The number of hydrogen-bond acceptors (Lipinski definition) is 4. The molecule has 2 N–H and O–H groups in total. The lowest BCUT2D eigenvalue weighted by Gasteiger charge is -2.29. The topological polar surface area (TPSA) is 69.9 Å². The van der Waals surface area contributed by atoms with Crippen LogP contribution in [0.25, 0.3) is 5.57 Å². The number of fused-ring (bicyclic) bond motifs is 3. The van der Waals surface area contributed by atoms with Gasteiger partial charge >= 0.3 is 0 Å². The lowest BCUT2D eigenvalue weighted by Crippen LogP contribution is -2.30. The van der Waals surface area contributed by atoms with Crippen molar-refractivity contribution in [3.05, 3.63) is 33.3 Å². The Kier molecular flexibility index (Phi) is 2.52. The Morgan fingerprint density at radius 1 is 1.33 bits per heavy atom. The summed E-state index contributed by atoms with van der Waals surface area (Å²) in [5.41, 5.74) is 1.46. The maximum Gasteiger partial charge on any atom is 0.175 e. The Morgan fingerprint density at radius 3 is 2.81 bits per heavy atom. The van der Waals surface area contributed by atoms with Gasteiger partial charge in [0.1, 0.15) is 11.5 Å². The molecule has 6 heteroatoms. The van der Waals surface area contributed by atoms with E-state index >= 15 is 0 Å². The molecule has 0 aromatic heterocycles. The van der Waals surface area contributed by atoms with Gasteiger partial charge in [-0.25, -0.2) is 0 Å². The summed E-state index contributed by atoms with van der Waals surface area (Å²) in [6.07, 6.45) is 2.00. The zero-order valence-corrected chi connectivity index (χ0v) is 12.4. The summed E-state index contributed by atoms with van der Waals surface area (Å²) < 4.78 is 0. The maximum absolute atomic E-state index is 12.9. The highest BCUT2D eigenvalue weighted by atomic mass is 35.5. The van der Waals surface area contributed by atoms with Gasteiger partial charge in [0.25, 0.3) is 0 Å². The van der Waals surface area contributed by atoms with Crippen LogP contribution in [-0.4, -0.2) is 21.8 Å². The van der Waals surface area contributed by atoms with Gasteiger partial charge in [0.05, 0.1) is 15.5 Å². The molecule has 0 heterocycles. The zero-order valence-electron chi connectivity index (χ0n) is 10.9. The van der Waals surface area contributed by atoms with Crippen molar-refractivity contribution >= 4 is 40.3 Å². The van der Waals surface area contributed by atoms with E-state index in [4.69, 9.17) is 23.2 Å². The second-order valence-corrected chi connectivity index (χ2v) is 6.60. The Labute approximate surface area is 130 Å². The number of ketones is 1. The molecule has 0 aliphatic heterocycles. The summed E-state index contributed by atoms with van der Waals surface area (Å²) in [6.45, 7) is 0. The van der Waals surface area contributed by atoms with E-state index in [1.807, 2.05) is 0 Å². The van der Waals surface area contributed by atoms with Gasteiger partial charge in [-0.05, 0) is 36.5 Å². The molecule has 0 radical (unpaired) electrons. The van der Waals surface area contributed by atoms with Crippen LogP contribution in [-0.2, 0) is 0 Å². The quantitative estimate of drug-likeness (QED) is 0.563. The van der Waals surface area contributed by atoms with Gasteiger partial charge in [0.15, 0.2) is 5.78 Å². The van der Waals surface area contributed by atoms with Gasteiger partial charge in [-0.15, -0.1) is 0 Å². The Hall–Kier alpha value is -1.52. The smallest absolute Gasteiger partial charge is 0.175 e. The van der Waals surface area contributed by atoms with E-state index in [-0.39, 0.29) is 22.5 Å².